The first kappa shape index (κ1) is 10.9. The van der Waals surface area contributed by atoms with Gasteiger partial charge in [0.25, 0.3) is 0 Å². The van der Waals surface area contributed by atoms with Crippen LogP contribution in [-0.2, 0) is 0 Å². The van der Waals surface area contributed by atoms with Gasteiger partial charge in [-0.1, -0.05) is 0 Å². The summed E-state index contributed by atoms with van der Waals surface area (Å²) in [4.78, 5) is 6.87. The molecule has 0 aliphatic carbocycles. The number of aliphatic imine (C=N–C) groups is 1. The predicted octanol–water partition coefficient (Wildman–Crippen LogP) is 2.51. The summed E-state index contributed by atoms with van der Waals surface area (Å²) in [5.74, 6) is 0.797. The van der Waals surface area contributed by atoms with E-state index in [9.17, 15) is 0 Å². The molecule has 0 saturated carbocycles. The third-order valence-corrected chi connectivity index (χ3v) is 3.64. The van der Waals surface area contributed by atoms with Gasteiger partial charge < -0.3 is 0 Å². The fourth-order valence-electron chi connectivity index (χ4n) is 2.55. The van der Waals surface area contributed by atoms with Crippen molar-refractivity contribution in [3.63, 3.8) is 0 Å². The van der Waals surface area contributed by atoms with Gasteiger partial charge in [-0.05, 0) is 64.3 Å². The Morgan fingerprint density at radius 3 is 2.40 bits per heavy atom. The highest BCUT2D eigenvalue weighted by Gasteiger charge is 2.28. The number of hydrogen-bond donors (Lipinski definition) is 0. The summed E-state index contributed by atoms with van der Waals surface area (Å²) in [5.41, 5.74) is 1.90. The Balaban J connectivity index is 1.87. The first-order valence-corrected chi connectivity index (χ1v) is 6.01. The maximum absolute atomic E-state index is 4.28. The molecule has 1 fully saturated rings. The SMILES string of the molecule is CC(C)(C)N1CCC(C2=CC=NC2)CC1. The second-order valence-electron chi connectivity index (χ2n) is 5.66. The standard InChI is InChI=1S/C13H22N2/c1-13(2,3)15-8-5-11(6-9-15)12-4-7-14-10-12/h4,7,11H,5-6,8-10H2,1-3H3. The summed E-state index contributed by atoms with van der Waals surface area (Å²) in [6.45, 7) is 10.4. The van der Waals surface area contributed by atoms with E-state index in [-0.39, 0.29) is 0 Å². The highest BCUT2D eigenvalue weighted by atomic mass is 15.2. The number of hydrogen-bond acceptors (Lipinski definition) is 2. The van der Waals surface area contributed by atoms with Crippen LogP contribution in [0.15, 0.2) is 16.6 Å². The molecular weight excluding hydrogens is 184 g/mol. The minimum atomic E-state index is 0.339. The molecule has 84 valence electrons. The topological polar surface area (TPSA) is 15.6 Å². The molecule has 2 rings (SSSR count). The molecule has 2 heteroatoms. The molecule has 0 amide bonds. The van der Waals surface area contributed by atoms with Gasteiger partial charge in [0.2, 0.25) is 0 Å². The zero-order chi connectivity index (χ0) is 10.9. The van der Waals surface area contributed by atoms with E-state index in [2.05, 4.69) is 36.7 Å². The first-order chi connectivity index (χ1) is 7.07. The molecule has 0 bridgehead atoms. The van der Waals surface area contributed by atoms with Crippen LogP contribution in [0.5, 0.6) is 0 Å². The van der Waals surface area contributed by atoms with Crippen LogP contribution in [0.4, 0.5) is 0 Å². The Kier molecular flexibility index (Phi) is 2.96. The van der Waals surface area contributed by atoms with Crippen molar-refractivity contribution in [2.24, 2.45) is 10.9 Å². The summed E-state index contributed by atoms with van der Waals surface area (Å²) in [6.07, 6.45) is 6.81. The Bertz CT molecular complexity index is 275. The summed E-state index contributed by atoms with van der Waals surface area (Å²) >= 11 is 0. The average Bonchev–Trinajstić information content (AvgIpc) is 2.69. The number of nitrogens with zero attached hydrogens (tertiary/aromatic N) is 2. The smallest absolute Gasteiger partial charge is 0.0605 e. The molecule has 0 spiro atoms. The Morgan fingerprint density at radius 2 is 1.93 bits per heavy atom. The lowest BCUT2D eigenvalue weighted by Crippen LogP contribution is -2.46. The van der Waals surface area contributed by atoms with Crippen molar-refractivity contribution in [1.29, 1.82) is 0 Å². The molecule has 0 N–H and O–H groups in total. The van der Waals surface area contributed by atoms with E-state index in [1.165, 1.54) is 25.9 Å². The fourth-order valence-corrected chi connectivity index (χ4v) is 2.55. The average molecular weight is 206 g/mol. The second kappa shape index (κ2) is 4.09. The maximum Gasteiger partial charge on any atom is 0.0605 e. The molecular formula is C13H22N2. The highest BCUT2D eigenvalue weighted by molar-refractivity contribution is 5.75. The second-order valence-corrected chi connectivity index (χ2v) is 5.66. The third kappa shape index (κ3) is 2.49. The molecule has 0 unspecified atom stereocenters. The lowest BCUT2D eigenvalue weighted by Gasteiger charge is -2.41. The van der Waals surface area contributed by atoms with Crippen molar-refractivity contribution in [2.45, 2.75) is 39.2 Å². The van der Waals surface area contributed by atoms with Crippen molar-refractivity contribution in [3.8, 4) is 0 Å². The zero-order valence-electron chi connectivity index (χ0n) is 10.2. The summed E-state index contributed by atoms with van der Waals surface area (Å²) < 4.78 is 0. The zero-order valence-corrected chi connectivity index (χ0v) is 10.2. The van der Waals surface area contributed by atoms with Gasteiger partial charge in [-0.3, -0.25) is 9.89 Å². The van der Waals surface area contributed by atoms with Crippen molar-refractivity contribution in [2.75, 3.05) is 19.6 Å². The largest absolute Gasteiger partial charge is 0.298 e. The highest BCUT2D eigenvalue weighted by Crippen LogP contribution is 2.29. The van der Waals surface area contributed by atoms with Gasteiger partial charge in [-0.25, -0.2) is 0 Å². The van der Waals surface area contributed by atoms with Crippen LogP contribution in [0.3, 0.4) is 0 Å². The molecule has 0 aromatic carbocycles. The Hall–Kier alpha value is -0.630. The van der Waals surface area contributed by atoms with Crippen LogP contribution in [0, 0.1) is 5.92 Å². The lowest BCUT2D eigenvalue weighted by atomic mass is 9.87. The molecule has 2 aliphatic rings. The fraction of sp³-hybridized carbons (Fsp3) is 0.769. The molecule has 1 saturated heterocycles. The van der Waals surface area contributed by atoms with E-state index < -0.39 is 0 Å². The first-order valence-electron chi connectivity index (χ1n) is 6.01. The van der Waals surface area contributed by atoms with E-state index in [0.717, 1.165) is 12.5 Å². The van der Waals surface area contributed by atoms with E-state index in [1.54, 1.807) is 5.57 Å². The molecule has 0 aromatic heterocycles. The van der Waals surface area contributed by atoms with E-state index in [4.69, 9.17) is 0 Å². The van der Waals surface area contributed by atoms with Crippen molar-refractivity contribution in [3.05, 3.63) is 11.6 Å². The number of piperidine rings is 1. The van der Waals surface area contributed by atoms with E-state index >= 15 is 0 Å². The van der Waals surface area contributed by atoms with Gasteiger partial charge in [0.1, 0.15) is 0 Å². The normalized spacial score (nSPS) is 24.6. The van der Waals surface area contributed by atoms with Gasteiger partial charge in [0.15, 0.2) is 0 Å². The van der Waals surface area contributed by atoms with Crippen LogP contribution in [-0.4, -0.2) is 36.3 Å². The lowest BCUT2D eigenvalue weighted by molar-refractivity contribution is 0.0948. The van der Waals surface area contributed by atoms with Crippen molar-refractivity contribution < 1.29 is 0 Å². The summed E-state index contributed by atoms with van der Waals surface area (Å²) in [6, 6.07) is 0. The van der Waals surface area contributed by atoms with Gasteiger partial charge in [0, 0.05) is 11.8 Å². The van der Waals surface area contributed by atoms with Crippen LogP contribution in [0.25, 0.3) is 0 Å². The summed E-state index contributed by atoms with van der Waals surface area (Å²) in [7, 11) is 0. The minimum absolute atomic E-state index is 0.339. The van der Waals surface area contributed by atoms with Crippen LogP contribution < -0.4 is 0 Å². The molecule has 0 atom stereocenters. The minimum Gasteiger partial charge on any atom is -0.298 e. The van der Waals surface area contributed by atoms with Gasteiger partial charge in [0.05, 0.1) is 6.54 Å². The number of allylic oxidation sites excluding steroid dienone is 1. The molecule has 0 radical (unpaired) electrons. The summed E-state index contributed by atoms with van der Waals surface area (Å²) in [5, 5.41) is 0. The van der Waals surface area contributed by atoms with Crippen LogP contribution >= 0.6 is 0 Å². The quantitative estimate of drug-likeness (QED) is 0.643. The molecule has 15 heavy (non-hydrogen) atoms. The van der Waals surface area contributed by atoms with Crippen molar-refractivity contribution >= 4 is 6.21 Å². The maximum atomic E-state index is 4.28. The Labute approximate surface area is 93.1 Å². The van der Waals surface area contributed by atoms with Gasteiger partial charge >= 0.3 is 0 Å². The van der Waals surface area contributed by atoms with Gasteiger partial charge in [-0.15, -0.1) is 0 Å². The Morgan fingerprint density at radius 1 is 1.27 bits per heavy atom. The molecule has 0 aromatic rings. The number of rotatable bonds is 1. The molecule has 2 heterocycles. The van der Waals surface area contributed by atoms with Crippen molar-refractivity contribution in [1.82, 2.24) is 4.90 Å². The monoisotopic (exact) mass is 206 g/mol. The number of likely N-dealkylation sites (tertiary alicyclic amines) is 1. The molecule has 2 aliphatic heterocycles. The van der Waals surface area contributed by atoms with Crippen LogP contribution in [0.2, 0.25) is 0 Å². The predicted molar refractivity (Wildman–Crippen MR) is 65.5 cm³/mol. The van der Waals surface area contributed by atoms with E-state index in [0.29, 0.717) is 5.54 Å². The third-order valence-electron chi connectivity index (χ3n) is 3.64. The van der Waals surface area contributed by atoms with Crippen LogP contribution in [0.1, 0.15) is 33.6 Å². The van der Waals surface area contributed by atoms with E-state index in [1.807, 2.05) is 6.21 Å². The molecule has 2 nitrogen and oxygen atoms in total. The van der Waals surface area contributed by atoms with Gasteiger partial charge in [-0.2, -0.15) is 0 Å².